The van der Waals surface area contributed by atoms with Crippen molar-refractivity contribution in [3.63, 3.8) is 0 Å². The molecule has 0 atom stereocenters. The highest BCUT2D eigenvalue weighted by atomic mass is 19.4. The quantitative estimate of drug-likeness (QED) is 0.840. The van der Waals surface area contributed by atoms with Crippen LogP contribution in [0.15, 0.2) is 30.6 Å². The van der Waals surface area contributed by atoms with Crippen LogP contribution in [0.3, 0.4) is 0 Å². The number of piperazine rings is 1. The fourth-order valence-corrected chi connectivity index (χ4v) is 2.65. The minimum absolute atomic E-state index is 0.126. The van der Waals surface area contributed by atoms with Crippen molar-refractivity contribution in [2.75, 3.05) is 38.2 Å². The summed E-state index contributed by atoms with van der Waals surface area (Å²) in [7, 11) is 1.57. The van der Waals surface area contributed by atoms with E-state index in [2.05, 4.69) is 19.9 Å². The molecule has 2 aromatic rings. The first-order chi connectivity index (χ1) is 12.0. The molecule has 1 fully saturated rings. The SMILES string of the molecule is COc1ccc(CN2CCN(c3nccc(C(F)(F)F)n3)CC2)cn1. The number of halogens is 3. The van der Waals surface area contributed by atoms with Crippen LogP contribution in [0.4, 0.5) is 19.1 Å². The predicted molar refractivity (Wildman–Crippen MR) is 85.3 cm³/mol. The molecule has 0 N–H and O–H groups in total. The lowest BCUT2D eigenvalue weighted by Gasteiger charge is -2.34. The molecule has 0 radical (unpaired) electrons. The van der Waals surface area contributed by atoms with E-state index in [1.54, 1.807) is 18.2 Å². The number of anilines is 1. The predicted octanol–water partition coefficient (Wildman–Crippen LogP) is 2.22. The summed E-state index contributed by atoms with van der Waals surface area (Å²) in [6.45, 7) is 3.31. The number of rotatable bonds is 4. The van der Waals surface area contributed by atoms with E-state index in [4.69, 9.17) is 4.74 Å². The van der Waals surface area contributed by atoms with Gasteiger partial charge in [-0.1, -0.05) is 6.07 Å². The monoisotopic (exact) mass is 353 g/mol. The number of hydrogen-bond donors (Lipinski definition) is 0. The standard InChI is InChI=1S/C16H18F3N5O/c1-25-14-3-2-12(10-21-14)11-23-6-8-24(9-7-23)15-20-5-4-13(22-15)16(17,18)19/h2-5,10H,6-9,11H2,1H3. The van der Waals surface area contributed by atoms with E-state index in [1.165, 1.54) is 0 Å². The minimum atomic E-state index is -4.46. The van der Waals surface area contributed by atoms with Gasteiger partial charge in [0.2, 0.25) is 11.8 Å². The van der Waals surface area contributed by atoms with Crippen LogP contribution in [0.25, 0.3) is 0 Å². The third-order valence-electron chi connectivity index (χ3n) is 4.00. The Bertz CT molecular complexity index is 700. The van der Waals surface area contributed by atoms with Gasteiger partial charge in [-0.05, 0) is 11.6 Å². The van der Waals surface area contributed by atoms with Gasteiger partial charge >= 0.3 is 6.18 Å². The van der Waals surface area contributed by atoms with Crippen molar-refractivity contribution >= 4 is 5.95 Å². The van der Waals surface area contributed by atoms with E-state index in [9.17, 15) is 13.2 Å². The number of alkyl halides is 3. The second-order valence-corrected chi connectivity index (χ2v) is 5.71. The first kappa shape index (κ1) is 17.4. The molecule has 0 saturated carbocycles. The lowest BCUT2D eigenvalue weighted by Crippen LogP contribution is -2.46. The molecular formula is C16H18F3N5O. The van der Waals surface area contributed by atoms with E-state index in [0.717, 1.165) is 24.4 Å². The second-order valence-electron chi connectivity index (χ2n) is 5.71. The number of nitrogens with zero attached hydrogens (tertiary/aromatic N) is 5. The summed E-state index contributed by atoms with van der Waals surface area (Å²) in [4.78, 5) is 15.8. The van der Waals surface area contributed by atoms with Gasteiger partial charge in [0.1, 0.15) is 5.69 Å². The smallest absolute Gasteiger partial charge is 0.433 e. The second kappa shape index (κ2) is 7.22. The zero-order chi connectivity index (χ0) is 17.9. The summed E-state index contributed by atoms with van der Waals surface area (Å²) in [6.07, 6.45) is -1.54. The van der Waals surface area contributed by atoms with Gasteiger partial charge in [-0.15, -0.1) is 0 Å². The van der Waals surface area contributed by atoms with E-state index >= 15 is 0 Å². The van der Waals surface area contributed by atoms with Crippen molar-refractivity contribution in [2.45, 2.75) is 12.7 Å². The van der Waals surface area contributed by atoms with Crippen molar-refractivity contribution in [2.24, 2.45) is 0 Å². The molecule has 0 spiro atoms. The number of aromatic nitrogens is 3. The molecule has 0 bridgehead atoms. The molecule has 25 heavy (non-hydrogen) atoms. The summed E-state index contributed by atoms with van der Waals surface area (Å²) < 4.78 is 43.3. The Hall–Kier alpha value is -2.42. The molecule has 2 aromatic heterocycles. The van der Waals surface area contributed by atoms with Crippen LogP contribution < -0.4 is 9.64 Å². The van der Waals surface area contributed by atoms with Crippen LogP contribution in [-0.4, -0.2) is 53.1 Å². The molecule has 0 amide bonds. The first-order valence-corrected chi connectivity index (χ1v) is 7.82. The summed E-state index contributed by atoms with van der Waals surface area (Å²) in [5, 5.41) is 0. The van der Waals surface area contributed by atoms with Crippen molar-refractivity contribution < 1.29 is 17.9 Å². The number of ether oxygens (including phenoxy) is 1. The van der Waals surface area contributed by atoms with Crippen molar-refractivity contribution in [3.05, 3.63) is 41.9 Å². The van der Waals surface area contributed by atoms with E-state index in [-0.39, 0.29) is 5.95 Å². The molecule has 3 rings (SSSR count). The van der Waals surface area contributed by atoms with Gasteiger partial charge in [-0.3, -0.25) is 4.90 Å². The topological polar surface area (TPSA) is 54.4 Å². The van der Waals surface area contributed by atoms with Crippen LogP contribution in [0, 0.1) is 0 Å². The third-order valence-corrected chi connectivity index (χ3v) is 4.00. The zero-order valence-electron chi connectivity index (χ0n) is 13.7. The Balaban J connectivity index is 1.58. The lowest BCUT2D eigenvalue weighted by molar-refractivity contribution is -0.141. The highest BCUT2D eigenvalue weighted by molar-refractivity contribution is 5.31. The van der Waals surface area contributed by atoms with Crippen LogP contribution in [-0.2, 0) is 12.7 Å². The van der Waals surface area contributed by atoms with E-state index in [1.807, 2.05) is 12.1 Å². The maximum Gasteiger partial charge on any atom is 0.433 e. The summed E-state index contributed by atoms with van der Waals surface area (Å²) in [5.74, 6) is 0.691. The molecule has 1 aliphatic heterocycles. The summed E-state index contributed by atoms with van der Waals surface area (Å²) in [5.41, 5.74) is 0.147. The van der Waals surface area contributed by atoms with E-state index in [0.29, 0.717) is 32.1 Å². The average molecular weight is 353 g/mol. The van der Waals surface area contributed by atoms with Crippen molar-refractivity contribution in [1.29, 1.82) is 0 Å². The molecule has 3 heterocycles. The molecule has 0 aromatic carbocycles. The maximum atomic E-state index is 12.8. The molecule has 9 heteroatoms. The number of hydrogen-bond acceptors (Lipinski definition) is 6. The molecule has 1 aliphatic rings. The van der Waals surface area contributed by atoms with Gasteiger partial charge in [-0.2, -0.15) is 13.2 Å². The van der Waals surface area contributed by atoms with Crippen molar-refractivity contribution in [1.82, 2.24) is 19.9 Å². The molecular weight excluding hydrogens is 335 g/mol. The molecule has 6 nitrogen and oxygen atoms in total. The van der Waals surface area contributed by atoms with Gasteiger partial charge in [0, 0.05) is 51.2 Å². The van der Waals surface area contributed by atoms with Gasteiger partial charge in [-0.25, -0.2) is 15.0 Å². The zero-order valence-corrected chi connectivity index (χ0v) is 13.7. The Labute approximate surface area is 143 Å². The lowest BCUT2D eigenvalue weighted by atomic mass is 10.2. The Morgan fingerprint density at radius 3 is 2.44 bits per heavy atom. The summed E-state index contributed by atoms with van der Waals surface area (Å²) in [6, 6.07) is 4.65. The molecule has 0 aliphatic carbocycles. The van der Waals surface area contributed by atoms with Crippen LogP contribution in [0.2, 0.25) is 0 Å². The minimum Gasteiger partial charge on any atom is -0.481 e. The number of methoxy groups -OCH3 is 1. The van der Waals surface area contributed by atoms with Gasteiger partial charge in [0.15, 0.2) is 0 Å². The fourth-order valence-electron chi connectivity index (χ4n) is 2.65. The Kier molecular flexibility index (Phi) is 5.03. The van der Waals surface area contributed by atoms with Crippen LogP contribution in [0.5, 0.6) is 5.88 Å². The first-order valence-electron chi connectivity index (χ1n) is 7.82. The number of pyridine rings is 1. The molecule has 1 saturated heterocycles. The highest BCUT2D eigenvalue weighted by Crippen LogP contribution is 2.28. The van der Waals surface area contributed by atoms with Gasteiger partial charge in [0.25, 0.3) is 0 Å². The highest BCUT2D eigenvalue weighted by Gasteiger charge is 2.33. The van der Waals surface area contributed by atoms with Crippen LogP contribution >= 0.6 is 0 Å². The van der Waals surface area contributed by atoms with Gasteiger partial charge < -0.3 is 9.64 Å². The fraction of sp³-hybridized carbons (Fsp3) is 0.438. The Morgan fingerprint density at radius 2 is 1.84 bits per heavy atom. The maximum absolute atomic E-state index is 12.8. The average Bonchev–Trinajstić information content (AvgIpc) is 2.62. The Morgan fingerprint density at radius 1 is 1.08 bits per heavy atom. The van der Waals surface area contributed by atoms with E-state index < -0.39 is 11.9 Å². The van der Waals surface area contributed by atoms with Gasteiger partial charge in [0.05, 0.1) is 7.11 Å². The van der Waals surface area contributed by atoms with Crippen molar-refractivity contribution in [3.8, 4) is 5.88 Å². The summed E-state index contributed by atoms with van der Waals surface area (Å²) >= 11 is 0. The third kappa shape index (κ3) is 4.36. The molecule has 134 valence electrons. The molecule has 0 unspecified atom stereocenters. The largest absolute Gasteiger partial charge is 0.481 e. The van der Waals surface area contributed by atoms with Crippen LogP contribution in [0.1, 0.15) is 11.3 Å². The normalized spacial score (nSPS) is 16.1.